The summed E-state index contributed by atoms with van der Waals surface area (Å²) in [5, 5.41) is 43.5. The van der Waals surface area contributed by atoms with Gasteiger partial charge in [-0.25, -0.2) is 0 Å². The van der Waals surface area contributed by atoms with Gasteiger partial charge in [-0.2, -0.15) is 0 Å². The van der Waals surface area contributed by atoms with Crippen molar-refractivity contribution in [3.8, 4) is 0 Å². The molecule has 3 aliphatic heterocycles. The first-order chi connectivity index (χ1) is 17.6. The number of amides is 3. The zero-order chi connectivity index (χ0) is 26.7. The predicted octanol–water partition coefficient (Wildman–Crippen LogP) is 0.656. The molecule has 3 saturated heterocycles. The van der Waals surface area contributed by atoms with E-state index in [2.05, 4.69) is 11.5 Å². The molecular formula is C25H29N3O9. The van der Waals surface area contributed by atoms with Crippen LogP contribution in [0.15, 0.2) is 59.5 Å². The monoisotopic (exact) mass is 515 g/mol. The van der Waals surface area contributed by atoms with E-state index in [1.54, 1.807) is 0 Å². The van der Waals surface area contributed by atoms with Crippen LogP contribution in [0.25, 0.3) is 0 Å². The number of aliphatic hydroxyl groups excluding tert-OH is 3. The molecule has 3 amide bonds. The third-order valence-corrected chi connectivity index (χ3v) is 6.52. The third kappa shape index (κ3) is 5.45. The first-order valence-corrected chi connectivity index (χ1v) is 11.7. The second-order valence-electron chi connectivity index (χ2n) is 9.03. The lowest BCUT2D eigenvalue weighted by atomic mass is 10.00. The quantitative estimate of drug-likeness (QED) is 0.197. The van der Waals surface area contributed by atoms with Crippen molar-refractivity contribution >= 4 is 17.7 Å². The number of piperidine rings is 1. The summed E-state index contributed by atoms with van der Waals surface area (Å²) in [6.07, 6.45) is -0.615. The highest BCUT2D eigenvalue weighted by molar-refractivity contribution is 6.08. The molecule has 1 aromatic rings. The number of likely N-dealkylation sites (tertiary alicyclic amines) is 1. The van der Waals surface area contributed by atoms with E-state index in [9.17, 15) is 34.8 Å². The molecular weight excluding hydrogens is 486 g/mol. The number of rotatable bonds is 7. The summed E-state index contributed by atoms with van der Waals surface area (Å²) in [6.45, 7) is 6.47. The van der Waals surface area contributed by atoms with E-state index in [1.165, 1.54) is 0 Å². The molecule has 1 aromatic carbocycles. The Labute approximate surface area is 212 Å². The number of carbonyl (C=O) groups excluding carboxylic acids is 3. The molecule has 0 aromatic heterocycles. The van der Waals surface area contributed by atoms with Crippen LogP contribution in [0.1, 0.15) is 24.0 Å². The second kappa shape index (κ2) is 10.6. The maximum Gasteiger partial charge on any atom is 0.283 e. The van der Waals surface area contributed by atoms with Gasteiger partial charge in [0, 0.05) is 32.5 Å². The molecule has 3 heterocycles. The minimum atomic E-state index is -2.41. The van der Waals surface area contributed by atoms with Crippen molar-refractivity contribution in [3.63, 3.8) is 0 Å². The average molecular weight is 516 g/mol. The van der Waals surface area contributed by atoms with Crippen molar-refractivity contribution in [2.45, 2.75) is 31.7 Å². The molecule has 0 aliphatic carbocycles. The van der Waals surface area contributed by atoms with Gasteiger partial charge in [-0.1, -0.05) is 30.8 Å². The van der Waals surface area contributed by atoms with E-state index >= 15 is 0 Å². The predicted molar refractivity (Wildman–Crippen MR) is 127 cm³/mol. The fraction of sp³-hybridized carbons (Fsp3) is 0.400. The van der Waals surface area contributed by atoms with Gasteiger partial charge in [0.1, 0.15) is 6.61 Å². The highest BCUT2D eigenvalue weighted by Crippen LogP contribution is 2.36. The van der Waals surface area contributed by atoms with E-state index < -0.39 is 53.0 Å². The average Bonchev–Trinajstić information content (AvgIpc) is 3.23. The third-order valence-electron chi connectivity index (χ3n) is 6.52. The van der Waals surface area contributed by atoms with Crippen molar-refractivity contribution in [1.82, 2.24) is 15.1 Å². The Bertz CT molecular complexity index is 1170. The number of aliphatic hydroxyl groups is 4. The number of hydrogen-bond acceptors (Lipinski definition) is 10. The maximum absolute atomic E-state index is 13.1. The van der Waals surface area contributed by atoms with E-state index in [0.717, 1.165) is 25.2 Å². The lowest BCUT2D eigenvalue weighted by Crippen LogP contribution is -2.63. The summed E-state index contributed by atoms with van der Waals surface area (Å²) in [4.78, 5) is 39.9. The van der Waals surface area contributed by atoms with Crippen LogP contribution in [0.4, 0.5) is 0 Å². The van der Waals surface area contributed by atoms with Gasteiger partial charge in [0.2, 0.25) is 11.6 Å². The van der Waals surface area contributed by atoms with Crippen molar-refractivity contribution in [3.05, 3.63) is 70.6 Å². The van der Waals surface area contributed by atoms with Gasteiger partial charge in [-0.3, -0.25) is 29.5 Å². The summed E-state index contributed by atoms with van der Waals surface area (Å²) >= 11 is 0. The second-order valence-corrected chi connectivity index (χ2v) is 9.03. The smallest absolute Gasteiger partial charge is 0.283 e. The van der Waals surface area contributed by atoms with Crippen LogP contribution in [-0.2, 0) is 37.0 Å². The molecule has 0 radical (unpaired) electrons. The molecule has 3 fully saturated rings. The van der Waals surface area contributed by atoms with Gasteiger partial charge in [0.05, 0.1) is 30.9 Å². The van der Waals surface area contributed by atoms with Crippen LogP contribution in [0.5, 0.6) is 0 Å². The molecule has 0 bridgehead atoms. The molecule has 5 N–H and O–H groups in total. The molecule has 198 valence electrons. The standard InChI is InChI=1S/C25H29N3O9/c1-15(29)21(31)20-18(13-28(22(20)32)25(35)7-6-19(30)26-24(25)34)23(33)37-14-17-4-2-16(3-5-17)12-27-8-10-36-11-9-27/h2-5,29,31,33,35H,1,6-14H2,(H,26,30,34)/b21-20-,23-18+. The molecule has 4 rings (SSSR count). The first kappa shape index (κ1) is 26.2. The van der Waals surface area contributed by atoms with Gasteiger partial charge in [-0.15, -0.1) is 0 Å². The number of carbonyl (C=O) groups is 3. The number of nitrogens with one attached hydrogen (secondary N) is 1. The normalized spacial score (nSPS) is 25.6. The van der Waals surface area contributed by atoms with Gasteiger partial charge in [-0.05, 0) is 11.1 Å². The van der Waals surface area contributed by atoms with Crippen molar-refractivity contribution in [2.75, 3.05) is 32.8 Å². The van der Waals surface area contributed by atoms with Crippen LogP contribution in [-0.4, -0.2) is 86.5 Å². The van der Waals surface area contributed by atoms with E-state index in [1.807, 2.05) is 29.6 Å². The Morgan fingerprint density at radius 2 is 1.73 bits per heavy atom. The van der Waals surface area contributed by atoms with Gasteiger partial charge in [0.15, 0.2) is 11.5 Å². The van der Waals surface area contributed by atoms with Crippen LogP contribution in [0, 0.1) is 0 Å². The van der Waals surface area contributed by atoms with E-state index in [4.69, 9.17) is 9.47 Å². The van der Waals surface area contributed by atoms with Crippen LogP contribution >= 0.6 is 0 Å². The van der Waals surface area contributed by atoms with Crippen LogP contribution in [0.3, 0.4) is 0 Å². The van der Waals surface area contributed by atoms with Crippen molar-refractivity contribution in [1.29, 1.82) is 0 Å². The summed E-state index contributed by atoms with van der Waals surface area (Å²) in [6, 6.07) is 7.53. The van der Waals surface area contributed by atoms with Crippen LogP contribution in [0.2, 0.25) is 0 Å². The zero-order valence-corrected chi connectivity index (χ0v) is 20.1. The Morgan fingerprint density at radius 3 is 2.35 bits per heavy atom. The van der Waals surface area contributed by atoms with Gasteiger partial charge >= 0.3 is 0 Å². The molecule has 12 heteroatoms. The fourth-order valence-electron chi connectivity index (χ4n) is 4.38. The zero-order valence-electron chi connectivity index (χ0n) is 20.1. The highest BCUT2D eigenvalue weighted by atomic mass is 16.6. The lowest BCUT2D eigenvalue weighted by molar-refractivity contribution is -0.177. The number of imide groups is 1. The molecule has 1 atom stereocenters. The number of benzene rings is 1. The SMILES string of the molecule is C=C(O)/C(O)=C1/C(=O)N(C2(O)CCC(=O)NC2=O)C/C1=C(/O)OCc1ccc(CN2CCOCC2)cc1. The maximum atomic E-state index is 13.1. The summed E-state index contributed by atoms with van der Waals surface area (Å²) < 4.78 is 10.8. The topological polar surface area (TPSA) is 169 Å². The number of nitrogens with zero attached hydrogens (tertiary/aromatic N) is 2. The molecule has 37 heavy (non-hydrogen) atoms. The Hall–Kier alpha value is -3.87. The lowest BCUT2D eigenvalue weighted by Gasteiger charge is -2.37. The van der Waals surface area contributed by atoms with Gasteiger partial charge in [0.25, 0.3) is 17.8 Å². The highest BCUT2D eigenvalue weighted by Gasteiger charge is 2.53. The molecule has 12 nitrogen and oxygen atoms in total. The first-order valence-electron chi connectivity index (χ1n) is 11.7. The largest absolute Gasteiger partial charge is 0.505 e. The Balaban J connectivity index is 1.52. The van der Waals surface area contributed by atoms with Crippen molar-refractivity contribution < 1.29 is 44.3 Å². The molecule has 0 saturated carbocycles. The summed E-state index contributed by atoms with van der Waals surface area (Å²) in [7, 11) is 0. The fourth-order valence-corrected chi connectivity index (χ4v) is 4.38. The Morgan fingerprint density at radius 1 is 1.08 bits per heavy atom. The van der Waals surface area contributed by atoms with E-state index in [0.29, 0.717) is 23.7 Å². The van der Waals surface area contributed by atoms with Crippen LogP contribution < -0.4 is 5.32 Å². The number of morpholine rings is 1. The summed E-state index contributed by atoms with van der Waals surface area (Å²) in [5.41, 5.74) is -1.45. The summed E-state index contributed by atoms with van der Waals surface area (Å²) in [5.74, 6) is -5.33. The molecule has 0 spiro atoms. The minimum absolute atomic E-state index is 0.0886. The van der Waals surface area contributed by atoms with E-state index in [-0.39, 0.29) is 25.0 Å². The Kier molecular flexibility index (Phi) is 7.52. The minimum Gasteiger partial charge on any atom is -0.505 e. The molecule has 1 unspecified atom stereocenters. The molecule has 3 aliphatic rings. The van der Waals surface area contributed by atoms with Crippen molar-refractivity contribution in [2.24, 2.45) is 0 Å². The van der Waals surface area contributed by atoms with Gasteiger partial charge < -0.3 is 29.9 Å². The number of ether oxygens (including phenoxy) is 2. The number of hydrogen-bond donors (Lipinski definition) is 5.